The Kier molecular flexibility index (Phi) is 4.94. The third-order valence-electron chi connectivity index (χ3n) is 3.48. The highest BCUT2D eigenvalue weighted by Gasteiger charge is 2.28. The Morgan fingerprint density at radius 2 is 1.81 bits per heavy atom. The van der Waals surface area contributed by atoms with Crippen molar-refractivity contribution in [3.63, 3.8) is 0 Å². The number of pyridine rings is 1. The second-order valence-electron chi connectivity index (χ2n) is 5.55. The molecule has 1 saturated heterocycles. The topological polar surface area (TPSA) is 167 Å². The lowest BCUT2D eigenvalue weighted by atomic mass is 10.00. The molecule has 1 aliphatic heterocycles. The summed E-state index contributed by atoms with van der Waals surface area (Å²) in [5.41, 5.74) is 12.5. The van der Waals surface area contributed by atoms with E-state index >= 15 is 0 Å². The molecule has 1 aliphatic rings. The van der Waals surface area contributed by atoms with Crippen LogP contribution >= 0.6 is 0 Å². The lowest BCUT2D eigenvalue weighted by Gasteiger charge is -2.18. The van der Waals surface area contributed by atoms with Crippen LogP contribution in [0.4, 0.5) is 5.69 Å². The van der Waals surface area contributed by atoms with Gasteiger partial charge in [0.1, 0.15) is 6.17 Å². The summed E-state index contributed by atoms with van der Waals surface area (Å²) < 4.78 is 49.2. The predicted molar refractivity (Wildman–Crippen MR) is 94.8 cm³/mol. The van der Waals surface area contributed by atoms with E-state index in [1.54, 1.807) is 30.3 Å². The van der Waals surface area contributed by atoms with Crippen LogP contribution in [0.5, 0.6) is 0 Å². The van der Waals surface area contributed by atoms with E-state index in [4.69, 9.17) is 5.14 Å². The Hall–Kier alpha value is -2.13. The van der Waals surface area contributed by atoms with Crippen LogP contribution in [0.15, 0.2) is 41.6 Å². The fourth-order valence-electron chi connectivity index (χ4n) is 2.57. The van der Waals surface area contributed by atoms with E-state index in [0.717, 1.165) is 6.26 Å². The third kappa shape index (κ3) is 4.16. The molecule has 0 bridgehead atoms. The molecule has 11 nitrogen and oxygen atoms in total. The van der Waals surface area contributed by atoms with Gasteiger partial charge in [0, 0.05) is 17.4 Å². The summed E-state index contributed by atoms with van der Waals surface area (Å²) in [4.78, 5) is 3.90. The number of sulfonamides is 2. The van der Waals surface area contributed by atoms with Crippen LogP contribution in [0.25, 0.3) is 11.1 Å². The van der Waals surface area contributed by atoms with Crippen molar-refractivity contribution in [2.24, 2.45) is 5.14 Å². The molecule has 26 heavy (non-hydrogen) atoms. The van der Waals surface area contributed by atoms with Crippen LogP contribution in [0, 0.1) is 0 Å². The van der Waals surface area contributed by atoms with Gasteiger partial charge in [0.2, 0.25) is 10.0 Å². The van der Waals surface area contributed by atoms with Crippen LogP contribution in [0.2, 0.25) is 0 Å². The summed E-state index contributed by atoms with van der Waals surface area (Å²) in [7, 11) is -7.55. The first kappa shape index (κ1) is 18.7. The molecular formula is C13H17N7O4S2. The number of hydrogen-bond acceptors (Lipinski definition) is 9. The number of hydrogen-bond donors (Lipinski definition) is 6. The molecule has 1 aromatic carbocycles. The number of aromatic nitrogens is 1. The van der Waals surface area contributed by atoms with Crippen molar-refractivity contribution in [2.75, 3.05) is 11.0 Å². The summed E-state index contributed by atoms with van der Waals surface area (Å²) in [6.07, 6.45) is 1.71. The largest absolute Gasteiger partial charge is 0.284 e. The molecule has 140 valence electrons. The van der Waals surface area contributed by atoms with Crippen LogP contribution in [0.3, 0.4) is 0 Å². The minimum Gasteiger partial charge on any atom is -0.284 e. The molecule has 0 spiro atoms. The zero-order chi connectivity index (χ0) is 18.9. The monoisotopic (exact) mass is 399 g/mol. The van der Waals surface area contributed by atoms with Crippen LogP contribution < -0.4 is 31.8 Å². The highest BCUT2D eigenvalue weighted by molar-refractivity contribution is 7.92. The van der Waals surface area contributed by atoms with E-state index in [9.17, 15) is 16.8 Å². The predicted octanol–water partition coefficient (Wildman–Crippen LogP) is -1.12. The number of nitrogens with one attached hydrogen (secondary N) is 5. The normalized spacial score (nSPS) is 15.9. The van der Waals surface area contributed by atoms with Crippen molar-refractivity contribution < 1.29 is 16.8 Å². The maximum atomic E-state index is 12.0. The number of rotatable bonds is 5. The van der Waals surface area contributed by atoms with Crippen molar-refractivity contribution in [2.45, 2.75) is 11.2 Å². The quantitative estimate of drug-likeness (QED) is 0.365. The minimum absolute atomic E-state index is 0.281. The van der Waals surface area contributed by atoms with Gasteiger partial charge in [-0.2, -0.15) is 11.1 Å². The Morgan fingerprint density at radius 1 is 1.12 bits per heavy atom. The van der Waals surface area contributed by atoms with E-state index in [1.807, 2.05) is 0 Å². The van der Waals surface area contributed by atoms with Gasteiger partial charge in [0.15, 0.2) is 5.03 Å². The number of primary sulfonamides is 1. The molecule has 0 amide bonds. The van der Waals surface area contributed by atoms with Crippen LogP contribution in [-0.2, 0) is 20.0 Å². The van der Waals surface area contributed by atoms with Crippen molar-refractivity contribution in [1.82, 2.24) is 26.9 Å². The molecule has 0 aliphatic carbocycles. The zero-order valence-electron chi connectivity index (χ0n) is 13.5. The highest BCUT2D eigenvalue weighted by atomic mass is 32.2. The van der Waals surface area contributed by atoms with Gasteiger partial charge >= 0.3 is 0 Å². The molecule has 1 aromatic heterocycles. The smallest absolute Gasteiger partial charge is 0.255 e. The van der Waals surface area contributed by atoms with Crippen molar-refractivity contribution in [3.8, 4) is 11.1 Å². The third-order valence-corrected chi connectivity index (χ3v) is 4.95. The minimum atomic E-state index is -4.10. The molecule has 2 aromatic rings. The fraction of sp³-hybridized carbons (Fsp3) is 0.154. The van der Waals surface area contributed by atoms with E-state index in [-0.39, 0.29) is 10.6 Å². The number of nitrogens with zero attached hydrogens (tertiary/aromatic N) is 1. The van der Waals surface area contributed by atoms with E-state index in [2.05, 4.69) is 31.6 Å². The summed E-state index contributed by atoms with van der Waals surface area (Å²) >= 11 is 0. The molecule has 0 radical (unpaired) electrons. The Morgan fingerprint density at radius 3 is 2.42 bits per heavy atom. The first-order valence-corrected chi connectivity index (χ1v) is 10.7. The Bertz CT molecular complexity index is 1030. The lowest BCUT2D eigenvalue weighted by molar-refractivity contribution is 0.534. The fourth-order valence-corrected chi connectivity index (χ4v) is 3.87. The summed E-state index contributed by atoms with van der Waals surface area (Å²) in [5, 5.41) is 5.01. The molecular weight excluding hydrogens is 382 g/mol. The van der Waals surface area contributed by atoms with Gasteiger partial charge in [-0.3, -0.25) is 4.72 Å². The molecule has 7 N–H and O–H groups in total. The van der Waals surface area contributed by atoms with Crippen LogP contribution in [0.1, 0.15) is 11.7 Å². The maximum absolute atomic E-state index is 12.0. The maximum Gasteiger partial charge on any atom is 0.255 e. The molecule has 0 unspecified atom stereocenters. The molecule has 2 heterocycles. The number of benzene rings is 1. The number of hydrazine groups is 3. The van der Waals surface area contributed by atoms with Gasteiger partial charge in [-0.25, -0.2) is 37.8 Å². The van der Waals surface area contributed by atoms with Gasteiger partial charge in [0.25, 0.3) is 10.0 Å². The lowest BCUT2D eigenvalue weighted by Crippen LogP contribution is -2.33. The molecule has 0 atom stereocenters. The van der Waals surface area contributed by atoms with Crippen LogP contribution in [-0.4, -0.2) is 28.1 Å². The van der Waals surface area contributed by atoms with E-state index in [0.29, 0.717) is 16.8 Å². The Labute approximate surface area is 150 Å². The molecule has 3 rings (SSSR count). The van der Waals surface area contributed by atoms with Gasteiger partial charge in [-0.05, 0) is 29.3 Å². The van der Waals surface area contributed by atoms with Crippen molar-refractivity contribution in [3.05, 3.63) is 42.1 Å². The van der Waals surface area contributed by atoms with Gasteiger partial charge < -0.3 is 0 Å². The summed E-state index contributed by atoms with van der Waals surface area (Å²) in [6.45, 7) is 0. The van der Waals surface area contributed by atoms with Gasteiger partial charge in [-0.1, -0.05) is 12.1 Å². The van der Waals surface area contributed by atoms with Crippen molar-refractivity contribution >= 4 is 25.7 Å². The molecule has 0 saturated carbocycles. The SMILES string of the molecule is CS(=O)(=O)Nc1cccc(-c2ccnc(S(N)(=O)=O)c2C2NNNN2)c1. The summed E-state index contributed by atoms with van der Waals surface area (Å²) in [5.74, 6) is 0. The van der Waals surface area contributed by atoms with Gasteiger partial charge in [-0.15, -0.1) is 0 Å². The standard InChI is InChI=1S/C13H17N7O4S2/c1-25(21,22)18-9-4-2-3-8(7-9)10-5-6-15-13(26(14,23)24)11(10)12-16-19-20-17-12/h2-7,12,16-20H,1H3,(H2,14,23,24). The second kappa shape index (κ2) is 6.88. The number of anilines is 1. The second-order valence-corrected chi connectivity index (χ2v) is 8.77. The van der Waals surface area contributed by atoms with E-state index in [1.165, 1.54) is 6.20 Å². The van der Waals surface area contributed by atoms with E-state index < -0.39 is 26.2 Å². The average molecular weight is 399 g/mol. The Balaban J connectivity index is 2.18. The summed E-state index contributed by atoms with van der Waals surface area (Å²) in [6, 6.07) is 8.15. The zero-order valence-corrected chi connectivity index (χ0v) is 15.1. The first-order chi connectivity index (χ1) is 12.1. The molecule has 13 heteroatoms. The average Bonchev–Trinajstić information content (AvgIpc) is 3.06. The number of nitrogens with two attached hydrogens (primary N) is 1. The molecule has 1 fully saturated rings. The van der Waals surface area contributed by atoms with Gasteiger partial charge in [0.05, 0.1) is 6.26 Å². The first-order valence-electron chi connectivity index (χ1n) is 7.26. The van der Waals surface area contributed by atoms with Crippen molar-refractivity contribution in [1.29, 1.82) is 0 Å². The highest BCUT2D eigenvalue weighted by Crippen LogP contribution is 2.32.